The molecule has 1 N–H and O–H groups in total. The number of aryl methyl sites for hydroxylation is 1. The number of ether oxygens (including phenoxy) is 1. The molecular formula is C21H24F2N2O4S. The van der Waals surface area contributed by atoms with E-state index in [1.807, 2.05) is 6.92 Å². The van der Waals surface area contributed by atoms with Gasteiger partial charge in [0.15, 0.2) is 0 Å². The van der Waals surface area contributed by atoms with Crippen LogP contribution in [0.25, 0.3) is 0 Å². The van der Waals surface area contributed by atoms with Gasteiger partial charge in [-0.15, -0.1) is 0 Å². The molecule has 0 radical (unpaired) electrons. The average Bonchev–Trinajstić information content (AvgIpc) is 2.71. The molecule has 1 aliphatic heterocycles. The van der Waals surface area contributed by atoms with Gasteiger partial charge in [0.05, 0.1) is 23.1 Å². The lowest BCUT2D eigenvalue weighted by molar-refractivity contribution is -0.120. The Hall–Kier alpha value is -2.52. The van der Waals surface area contributed by atoms with Crippen molar-refractivity contribution in [3.05, 3.63) is 53.6 Å². The van der Waals surface area contributed by atoms with Crippen molar-refractivity contribution < 1.29 is 26.7 Å². The molecule has 2 aromatic rings. The summed E-state index contributed by atoms with van der Waals surface area (Å²) in [6.07, 6.45) is 0.974. The van der Waals surface area contributed by atoms with E-state index in [-0.39, 0.29) is 17.1 Å². The zero-order chi connectivity index (χ0) is 21.9. The van der Waals surface area contributed by atoms with Crippen LogP contribution in [0.2, 0.25) is 0 Å². The predicted molar refractivity (Wildman–Crippen MR) is 109 cm³/mol. The fourth-order valence-corrected chi connectivity index (χ4v) is 5.06. The third-order valence-corrected chi connectivity index (χ3v) is 6.89. The molecule has 162 valence electrons. The second kappa shape index (κ2) is 9.09. The molecule has 1 amide bonds. The molecule has 0 aromatic heterocycles. The van der Waals surface area contributed by atoms with E-state index in [9.17, 15) is 22.0 Å². The van der Waals surface area contributed by atoms with Gasteiger partial charge in [0.25, 0.3) is 0 Å². The standard InChI is InChI=1S/C21H24F2N2O4S/c1-3-29-20-9-7-17(11-14(20)2)30(27,28)25-10-4-5-15(13-25)21(26)24-19-8-6-16(22)12-18(19)23/h6-9,11-12,15H,3-5,10,13H2,1-2H3,(H,24,26)/t15-/m0/s1. The Kier molecular flexibility index (Phi) is 6.72. The summed E-state index contributed by atoms with van der Waals surface area (Å²) in [6, 6.07) is 7.54. The number of carbonyl (C=O) groups excluding carboxylic acids is 1. The van der Waals surface area contributed by atoms with Crippen LogP contribution in [-0.2, 0) is 14.8 Å². The SMILES string of the molecule is CCOc1ccc(S(=O)(=O)N2CCC[C@H](C(=O)Nc3ccc(F)cc3F)C2)cc1C. The maximum atomic E-state index is 13.8. The van der Waals surface area contributed by atoms with Crippen molar-refractivity contribution in [3.63, 3.8) is 0 Å². The number of piperidine rings is 1. The topological polar surface area (TPSA) is 75.7 Å². The largest absolute Gasteiger partial charge is 0.494 e. The smallest absolute Gasteiger partial charge is 0.243 e. The van der Waals surface area contributed by atoms with Gasteiger partial charge in [-0.05, 0) is 62.6 Å². The van der Waals surface area contributed by atoms with Crippen molar-refractivity contribution in [1.29, 1.82) is 0 Å². The average molecular weight is 438 g/mol. The first kappa shape index (κ1) is 22.2. The van der Waals surface area contributed by atoms with Gasteiger partial charge >= 0.3 is 0 Å². The molecule has 1 aliphatic rings. The first-order chi connectivity index (χ1) is 14.2. The highest BCUT2D eigenvalue weighted by atomic mass is 32.2. The minimum atomic E-state index is -3.80. The molecule has 1 fully saturated rings. The Morgan fingerprint density at radius 1 is 1.23 bits per heavy atom. The molecule has 0 saturated carbocycles. The molecule has 0 aliphatic carbocycles. The van der Waals surface area contributed by atoms with Gasteiger partial charge in [-0.3, -0.25) is 4.79 Å². The number of nitrogens with zero attached hydrogens (tertiary/aromatic N) is 1. The summed E-state index contributed by atoms with van der Waals surface area (Å²) in [6.45, 7) is 4.38. The molecule has 0 unspecified atom stereocenters. The number of hydrogen-bond donors (Lipinski definition) is 1. The van der Waals surface area contributed by atoms with Crippen LogP contribution in [0.3, 0.4) is 0 Å². The van der Waals surface area contributed by atoms with E-state index in [4.69, 9.17) is 4.74 Å². The van der Waals surface area contributed by atoms with E-state index in [0.29, 0.717) is 43.4 Å². The third-order valence-electron chi connectivity index (χ3n) is 5.03. The predicted octanol–water partition coefficient (Wildman–Crippen LogP) is 3.71. The lowest BCUT2D eigenvalue weighted by Gasteiger charge is -2.31. The molecular weight excluding hydrogens is 414 g/mol. The maximum absolute atomic E-state index is 13.8. The van der Waals surface area contributed by atoms with Gasteiger partial charge in [0.2, 0.25) is 15.9 Å². The Balaban J connectivity index is 1.74. The van der Waals surface area contributed by atoms with Crippen LogP contribution < -0.4 is 10.1 Å². The third kappa shape index (κ3) is 4.79. The molecule has 0 bridgehead atoms. The first-order valence-electron chi connectivity index (χ1n) is 9.72. The molecule has 1 atom stereocenters. The van der Waals surface area contributed by atoms with Gasteiger partial charge in [-0.25, -0.2) is 17.2 Å². The van der Waals surface area contributed by atoms with Crippen molar-refractivity contribution in [2.75, 3.05) is 25.0 Å². The molecule has 3 rings (SSSR count). The van der Waals surface area contributed by atoms with Crippen LogP contribution in [0.5, 0.6) is 5.75 Å². The first-order valence-corrected chi connectivity index (χ1v) is 11.2. The van der Waals surface area contributed by atoms with E-state index in [2.05, 4.69) is 5.32 Å². The summed E-state index contributed by atoms with van der Waals surface area (Å²) in [7, 11) is -3.80. The van der Waals surface area contributed by atoms with Crippen LogP contribution in [0.15, 0.2) is 41.3 Å². The second-order valence-electron chi connectivity index (χ2n) is 7.18. The number of amides is 1. The number of benzene rings is 2. The summed E-state index contributed by atoms with van der Waals surface area (Å²) in [5, 5.41) is 2.43. The summed E-state index contributed by atoms with van der Waals surface area (Å²) < 4.78 is 59.8. The number of carbonyl (C=O) groups is 1. The van der Waals surface area contributed by atoms with Crippen molar-refractivity contribution >= 4 is 21.6 Å². The van der Waals surface area contributed by atoms with Crippen LogP contribution >= 0.6 is 0 Å². The summed E-state index contributed by atoms with van der Waals surface area (Å²) in [5.41, 5.74) is 0.569. The van der Waals surface area contributed by atoms with Crippen LogP contribution in [0.4, 0.5) is 14.5 Å². The van der Waals surface area contributed by atoms with Gasteiger partial charge in [-0.1, -0.05) is 0 Å². The van der Waals surface area contributed by atoms with Gasteiger partial charge in [-0.2, -0.15) is 4.31 Å². The number of sulfonamides is 1. The Morgan fingerprint density at radius 3 is 2.67 bits per heavy atom. The highest BCUT2D eigenvalue weighted by molar-refractivity contribution is 7.89. The maximum Gasteiger partial charge on any atom is 0.243 e. The monoisotopic (exact) mass is 438 g/mol. The number of rotatable bonds is 6. The van der Waals surface area contributed by atoms with Crippen molar-refractivity contribution in [2.24, 2.45) is 5.92 Å². The van der Waals surface area contributed by atoms with E-state index in [1.54, 1.807) is 19.1 Å². The Bertz CT molecular complexity index is 1040. The zero-order valence-electron chi connectivity index (χ0n) is 16.8. The fraction of sp³-hybridized carbons (Fsp3) is 0.381. The zero-order valence-corrected chi connectivity index (χ0v) is 17.6. The van der Waals surface area contributed by atoms with E-state index in [0.717, 1.165) is 12.1 Å². The Morgan fingerprint density at radius 2 is 2.00 bits per heavy atom. The number of nitrogens with one attached hydrogen (secondary N) is 1. The van der Waals surface area contributed by atoms with Gasteiger partial charge < -0.3 is 10.1 Å². The van der Waals surface area contributed by atoms with E-state index in [1.165, 1.54) is 10.4 Å². The quantitative estimate of drug-likeness (QED) is 0.746. The molecule has 30 heavy (non-hydrogen) atoms. The van der Waals surface area contributed by atoms with E-state index >= 15 is 0 Å². The minimum absolute atomic E-state index is 0.0107. The second-order valence-corrected chi connectivity index (χ2v) is 9.11. The lowest BCUT2D eigenvalue weighted by Crippen LogP contribution is -2.43. The Labute approximate surface area is 174 Å². The molecule has 6 nitrogen and oxygen atoms in total. The van der Waals surface area contributed by atoms with Crippen molar-refractivity contribution in [3.8, 4) is 5.75 Å². The molecule has 1 saturated heterocycles. The number of hydrogen-bond acceptors (Lipinski definition) is 4. The molecule has 2 aromatic carbocycles. The van der Waals surface area contributed by atoms with Crippen LogP contribution in [0.1, 0.15) is 25.3 Å². The summed E-state index contributed by atoms with van der Waals surface area (Å²) >= 11 is 0. The minimum Gasteiger partial charge on any atom is -0.494 e. The van der Waals surface area contributed by atoms with Gasteiger partial charge in [0.1, 0.15) is 17.4 Å². The van der Waals surface area contributed by atoms with Crippen LogP contribution in [-0.4, -0.2) is 38.3 Å². The number of anilines is 1. The highest BCUT2D eigenvalue weighted by Crippen LogP contribution is 2.28. The molecule has 9 heteroatoms. The molecule has 0 spiro atoms. The van der Waals surface area contributed by atoms with Gasteiger partial charge in [0, 0.05) is 19.2 Å². The van der Waals surface area contributed by atoms with E-state index < -0.39 is 33.5 Å². The molecule has 1 heterocycles. The fourth-order valence-electron chi connectivity index (χ4n) is 3.45. The summed E-state index contributed by atoms with van der Waals surface area (Å²) in [4.78, 5) is 12.7. The van der Waals surface area contributed by atoms with Crippen LogP contribution in [0, 0.1) is 24.5 Å². The summed E-state index contributed by atoms with van der Waals surface area (Å²) in [5.74, 6) is -2.14. The lowest BCUT2D eigenvalue weighted by atomic mass is 9.98. The normalized spacial score (nSPS) is 17.5. The van der Waals surface area contributed by atoms with Crippen molar-refractivity contribution in [1.82, 2.24) is 4.31 Å². The highest BCUT2D eigenvalue weighted by Gasteiger charge is 2.33. The van der Waals surface area contributed by atoms with Crippen molar-refractivity contribution in [2.45, 2.75) is 31.6 Å². The number of halogens is 2.